The number of carbonyl (C=O) groups is 1. The van der Waals surface area contributed by atoms with Crippen LogP contribution in [0.25, 0.3) is 17.3 Å². The van der Waals surface area contributed by atoms with E-state index < -0.39 is 0 Å². The van der Waals surface area contributed by atoms with E-state index in [-0.39, 0.29) is 5.91 Å². The predicted octanol–water partition coefficient (Wildman–Crippen LogP) is 3.65. The zero-order valence-electron chi connectivity index (χ0n) is 18.6. The molecule has 167 valence electrons. The second-order valence-electron chi connectivity index (χ2n) is 8.22. The Morgan fingerprint density at radius 3 is 2.67 bits per heavy atom. The lowest BCUT2D eigenvalue weighted by Crippen LogP contribution is -2.36. The van der Waals surface area contributed by atoms with Gasteiger partial charge in [-0.1, -0.05) is 0 Å². The van der Waals surface area contributed by atoms with E-state index in [1.807, 2.05) is 31.2 Å². The molecule has 1 amide bonds. The lowest BCUT2D eigenvalue weighted by molar-refractivity contribution is 0.0965. The van der Waals surface area contributed by atoms with Gasteiger partial charge < -0.3 is 20.7 Å². The van der Waals surface area contributed by atoms with Crippen LogP contribution in [-0.2, 0) is 4.74 Å². The summed E-state index contributed by atoms with van der Waals surface area (Å²) in [5, 5.41) is 7.30. The SMILES string of the molecule is Cc1cc(Nc2nc(-c3cnc(N)c(C)c3)cc3c2C(=O)[N]C=C3)ccc1N1CCOCC1. The minimum Gasteiger partial charge on any atom is -0.383 e. The molecule has 2 aliphatic rings. The Morgan fingerprint density at radius 2 is 1.91 bits per heavy atom. The Bertz CT molecular complexity index is 1260. The maximum atomic E-state index is 12.6. The first-order chi connectivity index (χ1) is 16.0. The zero-order chi connectivity index (χ0) is 22.9. The van der Waals surface area contributed by atoms with Crippen molar-refractivity contribution in [2.24, 2.45) is 0 Å². The molecule has 3 aromatic rings. The van der Waals surface area contributed by atoms with Gasteiger partial charge in [0.2, 0.25) is 0 Å². The number of ether oxygens (including phenoxy) is 1. The number of hydrogen-bond acceptors (Lipinski definition) is 7. The standard InChI is InChI=1S/C25H25N6O2/c1-15-12-19(3-4-21(15)31-7-9-33-10-8-31)29-24-22-17(5-6-27-25(22)32)13-20(30-24)18-11-16(2)23(26)28-14-18/h3-6,11-14H,7-10H2,1-2H3,(H2,26,28)(H,29,30). The first kappa shape index (κ1) is 21.0. The number of aryl methyl sites for hydroxylation is 2. The Morgan fingerprint density at radius 1 is 1.09 bits per heavy atom. The molecule has 1 fully saturated rings. The van der Waals surface area contributed by atoms with E-state index in [1.165, 1.54) is 11.9 Å². The number of amides is 1. The number of anilines is 4. The Hall–Kier alpha value is -3.91. The first-order valence-electron chi connectivity index (χ1n) is 10.9. The fourth-order valence-electron chi connectivity index (χ4n) is 4.16. The van der Waals surface area contributed by atoms with Crippen LogP contribution < -0.4 is 21.3 Å². The van der Waals surface area contributed by atoms with E-state index in [0.29, 0.717) is 22.9 Å². The largest absolute Gasteiger partial charge is 0.383 e. The summed E-state index contributed by atoms with van der Waals surface area (Å²) in [5.41, 5.74) is 12.7. The molecule has 0 spiro atoms. The third-order valence-electron chi connectivity index (χ3n) is 5.94. The van der Waals surface area contributed by atoms with Gasteiger partial charge in [-0.15, -0.1) is 0 Å². The van der Waals surface area contributed by atoms with Crippen molar-refractivity contribution in [2.75, 3.05) is 42.3 Å². The average Bonchev–Trinajstić information content (AvgIpc) is 2.81. The lowest BCUT2D eigenvalue weighted by Gasteiger charge is -2.30. The van der Waals surface area contributed by atoms with Gasteiger partial charge in [0.05, 0.1) is 24.5 Å². The van der Waals surface area contributed by atoms with Gasteiger partial charge in [0.1, 0.15) is 11.6 Å². The van der Waals surface area contributed by atoms with Crippen molar-refractivity contribution in [3.8, 4) is 11.3 Å². The highest BCUT2D eigenvalue weighted by Gasteiger charge is 2.23. The third kappa shape index (κ3) is 4.12. The number of pyridine rings is 2. The lowest BCUT2D eigenvalue weighted by atomic mass is 10.0. The van der Waals surface area contributed by atoms with E-state index in [2.05, 4.69) is 39.6 Å². The maximum absolute atomic E-state index is 12.6. The number of rotatable bonds is 4. The van der Waals surface area contributed by atoms with Crippen molar-refractivity contribution in [3.05, 3.63) is 65.0 Å². The van der Waals surface area contributed by atoms with Crippen LogP contribution in [0.3, 0.4) is 0 Å². The number of benzene rings is 1. The highest BCUT2D eigenvalue weighted by atomic mass is 16.5. The van der Waals surface area contributed by atoms with Gasteiger partial charge in [-0.3, -0.25) is 4.79 Å². The van der Waals surface area contributed by atoms with Gasteiger partial charge in [-0.25, -0.2) is 15.3 Å². The number of nitrogen functional groups attached to an aromatic ring is 1. The number of nitrogens with two attached hydrogens (primary N) is 1. The molecule has 8 nitrogen and oxygen atoms in total. The van der Waals surface area contributed by atoms with Crippen LogP contribution in [0.5, 0.6) is 0 Å². The first-order valence-corrected chi connectivity index (χ1v) is 10.9. The highest BCUT2D eigenvalue weighted by molar-refractivity contribution is 6.05. The van der Waals surface area contributed by atoms with Crippen LogP contribution in [0, 0.1) is 13.8 Å². The molecule has 1 saturated heterocycles. The number of nitrogens with one attached hydrogen (secondary N) is 1. The number of hydrogen-bond donors (Lipinski definition) is 2. The van der Waals surface area contributed by atoms with Gasteiger partial charge >= 0.3 is 0 Å². The normalized spacial score (nSPS) is 15.2. The molecular weight excluding hydrogens is 416 g/mol. The molecule has 0 atom stereocenters. The Balaban J connectivity index is 1.53. The summed E-state index contributed by atoms with van der Waals surface area (Å²) >= 11 is 0. The number of fused-ring (bicyclic) bond motifs is 1. The summed E-state index contributed by atoms with van der Waals surface area (Å²) in [6, 6.07) is 10.00. The van der Waals surface area contributed by atoms with Crippen molar-refractivity contribution < 1.29 is 9.53 Å². The number of carbonyl (C=O) groups excluding carboxylic acids is 1. The van der Waals surface area contributed by atoms with Crippen LogP contribution in [0.4, 0.5) is 23.0 Å². The summed E-state index contributed by atoms with van der Waals surface area (Å²) in [5.74, 6) is 0.635. The zero-order valence-corrected chi connectivity index (χ0v) is 18.6. The number of nitrogens with zero attached hydrogens (tertiary/aromatic N) is 4. The summed E-state index contributed by atoms with van der Waals surface area (Å²) in [7, 11) is 0. The minimum absolute atomic E-state index is 0.317. The van der Waals surface area contributed by atoms with E-state index >= 15 is 0 Å². The molecule has 5 rings (SSSR count). The molecule has 2 aliphatic heterocycles. The second kappa shape index (κ2) is 8.55. The topological polar surface area (TPSA) is 107 Å². The quantitative estimate of drug-likeness (QED) is 0.636. The number of aromatic nitrogens is 2. The second-order valence-corrected chi connectivity index (χ2v) is 8.22. The molecule has 0 unspecified atom stereocenters. The van der Waals surface area contributed by atoms with Gasteiger partial charge in [0.25, 0.3) is 5.91 Å². The van der Waals surface area contributed by atoms with Crippen molar-refractivity contribution in [1.82, 2.24) is 15.3 Å². The molecule has 33 heavy (non-hydrogen) atoms. The van der Waals surface area contributed by atoms with Crippen LogP contribution in [0.15, 0.2) is 42.7 Å². The van der Waals surface area contributed by atoms with Crippen molar-refractivity contribution >= 4 is 35.0 Å². The van der Waals surface area contributed by atoms with Crippen molar-refractivity contribution in [3.63, 3.8) is 0 Å². The van der Waals surface area contributed by atoms with Gasteiger partial charge in [0.15, 0.2) is 0 Å². The van der Waals surface area contributed by atoms with Crippen LogP contribution >= 0.6 is 0 Å². The fraction of sp³-hybridized carbons (Fsp3) is 0.240. The smallest absolute Gasteiger partial charge is 0.281 e. The molecule has 2 aromatic heterocycles. The summed E-state index contributed by atoms with van der Waals surface area (Å²) in [6.45, 7) is 7.22. The molecular formula is C25H25N6O2. The molecule has 0 aliphatic carbocycles. The number of morpholine rings is 1. The third-order valence-corrected chi connectivity index (χ3v) is 5.94. The van der Waals surface area contributed by atoms with Crippen molar-refractivity contribution in [1.29, 1.82) is 0 Å². The molecule has 4 heterocycles. The van der Waals surface area contributed by atoms with E-state index in [9.17, 15) is 4.79 Å². The molecule has 8 heteroatoms. The van der Waals surface area contributed by atoms with E-state index in [4.69, 9.17) is 15.5 Å². The van der Waals surface area contributed by atoms with Gasteiger partial charge in [0, 0.05) is 42.4 Å². The maximum Gasteiger partial charge on any atom is 0.281 e. The molecule has 0 bridgehead atoms. The molecule has 3 N–H and O–H groups in total. The highest BCUT2D eigenvalue weighted by Crippen LogP contribution is 2.32. The van der Waals surface area contributed by atoms with Crippen LogP contribution in [0.1, 0.15) is 27.0 Å². The van der Waals surface area contributed by atoms with Crippen LogP contribution in [0.2, 0.25) is 0 Å². The summed E-state index contributed by atoms with van der Waals surface area (Å²) in [6.07, 6.45) is 5.03. The van der Waals surface area contributed by atoms with Gasteiger partial charge in [-0.2, -0.15) is 0 Å². The Kier molecular flexibility index (Phi) is 5.43. The minimum atomic E-state index is -0.317. The van der Waals surface area contributed by atoms with Gasteiger partial charge in [-0.05, 0) is 66.9 Å². The van der Waals surface area contributed by atoms with Crippen molar-refractivity contribution in [2.45, 2.75) is 13.8 Å². The Labute approximate surface area is 192 Å². The van der Waals surface area contributed by atoms with Crippen LogP contribution in [-0.4, -0.2) is 42.2 Å². The monoisotopic (exact) mass is 441 g/mol. The fourth-order valence-corrected chi connectivity index (χ4v) is 4.16. The van der Waals surface area contributed by atoms with E-state index in [1.54, 1.807) is 6.20 Å². The summed E-state index contributed by atoms with van der Waals surface area (Å²) in [4.78, 5) is 24.0. The average molecular weight is 442 g/mol. The van der Waals surface area contributed by atoms with E-state index in [0.717, 1.165) is 54.2 Å². The molecule has 0 saturated carbocycles. The predicted molar refractivity (Wildman–Crippen MR) is 130 cm³/mol. The molecule has 1 aromatic carbocycles. The molecule has 1 radical (unpaired) electrons. The summed E-state index contributed by atoms with van der Waals surface area (Å²) < 4.78 is 5.47.